The van der Waals surface area contributed by atoms with Crippen LogP contribution >= 0.6 is 0 Å². The first-order valence-electron chi connectivity index (χ1n) is 11.5. The van der Waals surface area contributed by atoms with E-state index in [1.54, 1.807) is 24.3 Å². The molecule has 0 radical (unpaired) electrons. The molecule has 1 aliphatic heterocycles. The third-order valence-electron chi connectivity index (χ3n) is 5.81. The maximum Gasteiger partial charge on any atom is 0.338 e. The van der Waals surface area contributed by atoms with Crippen LogP contribution in [0.15, 0.2) is 91.0 Å². The van der Waals surface area contributed by atoms with Gasteiger partial charge in [-0.15, -0.1) is 0 Å². The van der Waals surface area contributed by atoms with Crippen LogP contribution in [-0.4, -0.2) is 55.5 Å². The van der Waals surface area contributed by atoms with Crippen molar-refractivity contribution in [2.24, 2.45) is 0 Å². The van der Waals surface area contributed by atoms with E-state index in [2.05, 4.69) is 0 Å². The Hall–Kier alpha value is -3.07. The molecule has 5 atom stereocenters. The van der Waals surface area contributed by atoms with Crippen LogP contribution in [-0.2, 0) is 36.9 Å². The molecule has 1 heterocycles. The number of carbonyl (C=O) groups excluding carboxylic acids is 1. The van der Waals surface area contributed by atoms with Crippen molar-refractivity contribution in [3.8, 4) is 0 Å². The first-order valence-corrected chi connectivity index (χ1v) is 11.5. The van der Waals surface area contributed by atoms with Crippen molar-refractivity contribution in [3.63, 3.8) is 0 Å². The second kappa shape index (κ2) is 12.6. The van der Waals surface area contributed by atoms with Gasteiger partial charge in [-0.3, -0.25) is 0 Å². The Labute approximate surface area is 205 Å². The summed E-state index contributed by atoms with van der Waals surface area (Å²) in [7, 11) is 1.50. The molecule has 7 heteroatoms. The van der Waals surface area contributed by atoms with Crippen molar-refractivity contribution in [3.05, 3.63) is 108 Å². The van der Waals surface area contributed by atoms with Crippen LogP contribution in [0.2, 0.25) is 0 Å². The third kappa shape index (κ3) is 6.75. The van der Waals surface area contributed by atoms with Gasteiger partial charge in [0.25, 0.3) is 0 Å². The molecule has 0 aliphatic carbocycles. The molecule has 7 nitrogen and oxygen atoms in total. The molecule has 0 aromatic heterocycles. The Morgan fingerprint density at radius 2 is 1.31 bits per heavy atom. The van der Waals surface area contributed by atoms with Gasteiger partial charge in [-0.2, -0.15) is 0 Å². The van der Waals surface area contributed by atoms with E-state index in [4.69, 9.17) is 23.7 Å². The quantitative estimate of drug-likeness (QED) is 0.445. The third-order valence-corrected chi connectivity index (χ3v) is 5.81. The zero-order valence-electron chi connectivity index (χ0n) is 19.6. The first kappa shape index (κ1) is 25.0. The SMILES string of the molecule is CO[C@H]1O[C@@H](COC(=O)c2ccccc2)[C@@H](O)[C@H](OCc2ccccc2)[C@@H]1OCc1ccccc1. The van der Waals surface area contributed by atoms with Crippen LogP contribution in [0.4, 0.5) is 0 Å². The molecular weight excluding hydrogens is 448 g/mol. The van der Waals surface area contributed by atoms with Crippen LogP contribution in [0.5, 0.6) is 0 Å². The Bertz CT molecular complexity index is 1030. The molecule has 0 bridgehead atoms. The van der Waals surface area contributed by atoms with E-state index >= 15 is 0 Å². The number of ether oxygens (including phenoxy) is 5. The number of methoxy groups -OCH3 is 1. The number of carbonyl (C=O) groups is 1. The van der Waals surface area contributed by atoms with Crippen molar-refractivity contribution in [2.75, 3.05) is 13.7 Å². The van der Waals surface area contributed by atoms with Gasteiger partial charge in [0.2, 0.25) is 0 Å². The largest absolute Gasteiger partial charge is 0.459 e. The molecule has 1 saturated heterocycles. The summed E-state index contributed by atoms with van der Waals surface area (Å²) in [5.74, 6) is -0.500. The summed E-state index contributed by atoms with van der Waals surface area (Å²) in [4.78, 5) is 12.4. The molecule has 1 aliphatic rings. The van der Waals surface area contributed by atoms with Gasteiger partial charge in [0.15, 0.2) is 6.29 Å². The van der Waals surface area contributed by atoms with Crippen LogP contribution in [0.3, 0.4) is 0 Å². The number of aliphatic hydroxyl groups is 1. The minimum Gasteiger partial charge on any atom is -0.459 e. The zero-order valence-corrected chi connectivity index (χ0v) is 19.6. The molecule has 35 heavy (non-hydrogen) atoms. The predicted molar refractivity (Wildman–Crippen MR) is 128 cm³/mol. The number of hydrogen-bond acceptors (Lipinski definition) is 7. The van der Waals surface area contributed by atoms with Gasteiger partial charge in [0, 0.05) is 7.11 Å². The minimum absolute atomic E-state index is 0.161. The summed E-state index contributed by atoms with van der Waals surface area (Å²) < 4.78 is 29.3. The summed E-state index contributed by atoms with van der Waals surface area (Å²) in [6.07, 6.45) is -4.29. The molecule has 4 rings (SSSR count). The highest BCUT2D eigenvalue weighted by atomic mass is 16.7. The number of benzene rings is 3. The number of rotatable bonds is 10. The lowest BCUT2D eigenvalue weighted by Crippen LogP contribution is -2.60. The molecule has 0 unspecified atom stereocenters. The van der Waals surface area contributed by atoms with Crippen molar-refractivity contribution >= 4 is 5.97 Å². The van der Waals surface area contributed by atoms with Crippen LogP contribution < -0.4 is 0 Å². The van der Waals surface area contributed by atoms with Crippen LogP contribution in [0, 0.1) is 0 Å². The van der Waals surface area contributed by atoms with Crippen molar-refractivity contribution in [2.45, 2.75) is 43.9 Å². The normalized spacial score (nSPS) is 24.1. The Balaban J connectivity index is 1.47. The van der Waals surface area contributed by atoms with Gasteiger partial charge < -0.3 is 28.8 Å². The predicted octanol–water partition coefficient (Wildman–Crippen LogP) is 3.75. The fourth-order valence-corrected chi connectivity index (χ4v) is 3.93. The summed E-state index contributed by atoms with van der Waals surface area (Å²) in [5, 5.41) is 11.2. The van der Waals surface area contributed by atoms with E-state index < -0.39 is 36.7 Å². The maximum absolute atomic E-state index is 12.4. The van der Waals surface area contributed by atoms with Crippen molar-refractivity contribution in [1.29, 1.82) is 0 Å². The Kier molecular flexibility index (Phi) is 9.00. The molecule has 0 spiro atoms. The zero-order chi connectivity index (χ0) is 24.5. The van der Waals surface area contributed by atoms with Crippen molar-refractivity contribution < 1.29 is 33.6 Å². The molecule has 1 fully saturated rings. The second-order valence-electron chi connectivity index (χ2n) is 8.26. The highest BCUT2D eigenvalue weighted by molar-refractivity contribution is 5.89. The lowest BCUT2D eigenvalue weighted by molar-refractivity contribution is -0.313. The van der Waals surface area contributed by atoms with E-state index in [0.29, 0.717) is 12.2 Å². The van der Waals surface area contributed by atoms with Gasteiger partial charge >= 0.3 is 5.97 Å². The maximum atomic E-state index is 12.4. The van der Waals surface area contributed by atoms with Crippen LogP contribution in [0.25, 0.3) is 0 Å². The average Bonchev–Trinajstić information content (AvgIpc) is 2.92. The fourth-order valence-electron chi connectivity index (χ4n) is 3.93. The van der Waals surface area contributed by atoms with Gasteiger partial charge in [0.05, 0.1) is 18.8 Å². The highest BCUT2D eigenvalue weighted by Crippen LogP contribution is 2.28. The minimum atomic E-state index is -1.12. The first-order chi connectivity index (χ1) is 17.2. The van der Waals surface area contributed by atoms with Gasteiger partial charge in [0.1, 0.15) is 31.0 Å². The topological polar surface area (TPSA) is 83.5 Å². The summed E-state index contributed by atoms with van der Waals surface area (Å²) >= 11 is 0. The lowest BCUT2D eigenvalue weighted by Gasteiger charge is -2.43. The van der Waals surface area contributed by atoms with E-state index in [1.807, 2.05) is 66.7 Å². The number of hydrogen-bond donors (Lipinski definition) is 1. The second-order valence-corrected chi connectivity index (χ2v) is 8.26. The van der Waals surface area contributed by atoms with Gasteiger partial charge in [-0.25, -0.2) is 4.79 Å². The summed E-state index contributed by atoms with van der Waals surface area (Å²) in [6, 6.07) is 28.0. The molecule has 0 saturated carbocycles. The summed E-state index contributed by atoms with van der Waals surface area (Å²) in [5.41, 5.74) is 2.34. The van der Waals surface area contributed by atoms with E-state index in [1.165, 1.54) is 7.11 Å². The smallest absolute Gasteiger partial charge is 0.338 e. The number of aliphatic hydroxyl groups excluding tert-OH is 1. The van der Waals surface area contributed by atoms with Crippen LogP contribution in [0.1, 0.15) is 21.5 Å². The Morgan fingerprint density at radius 3 is 1.86 bits per heavy atom. The number of esters is 1. The molecule has 3 aromatic rings. The fraction of sp³-hybridized carbons (Fsp3) is 0.321. The highest BCUT2D eigenvalue weighted by Gasteiger charge is 2.47. The van der Waals surface area contributed by atoms with E-state index in [0.717, 1.165) is 11.1 Å². The van der Waals surface area contributed by atoms with Gasteiger partial charge in [-0.1, -0.05) is 78.9 Å². The molecule has 184 valence electrons. The standard InChI is InChI=1S/C28H30O7/c1-31-28-26(33-18-21-13-7-3-8-14-21)25(32-17-20-11-5-2-6-12-20)24(29)23(35-28)19-34-27(30)22-15-9-4-10-16-22/h2-16,23-26,28-29H,17-19H2,1H3/t23-,24+,25-,26-,28-/m0/s1. The monoisotopic (exact) mass is 478 g/mol. The lowest BCUT2D eigenvalue weighted by atomic mass is 9.98. The summed E-state index contributed by atoms with van der Waals surface area (Å²) in [6.45, 7) is 0.395. The molecule has 3 aromatic carbocycles. The molecular formula is C28H30O7. The molecule has 0 amide bonds. The molecule has 1 N–H and O–H groups in total. The van der Waals surface area contributed by atoms with E-state index in [-0.39, 0.29) is 13.2 Å². The van der Waals surface area contributed by atoms with E-state index in [9.17, 15) is 9.90 Å². The average molecular weight is 479 g/mol. The van der Waals surface area contributed by atoms with Gasteiger partial charge in [-0.05, 0) is 23.3 Å². The van der Waals surface area contributed by atoms with Crippen molar-refractivity contribution in [1.82, 2.24) is 0 Å². The Morgan fingerprint density at radius 1 is 0.800 bits per heavy atom.